The first kappa shape index (κ1) is 28.2. The number of fused-ring (bicyclic) bond motifs is 1. The van der Waals surface area contributed by atoms with Crippen LogP contribution in [0.5, 0.6) is 0 Å². The van der Waals surface area contributed by atoms with Gasteiger partial charge in [0.05, 0.1) is 29.3 Å². The zero-order chi connectivity index (χ0) is 28.8. The number of aromatic nitrogens is 2. The summed E-state index contributed by atoms with van der Waals surface area (Å²) >= 11 is 0. The molecule has 3 aromatic rings. The Kier molecular flexibility index (Phi) is 8.87. The SMILES string of the molecule is CCN1CCC(Nc2cnc3ccc(C#CCNC(=O)C4=CC=CN(Cc5ccc(F)c(F)c5)C4O)cc3n2)CC1. The van der Waals surface area contributed by atoms with Gasteiger partial charge in [0.1, 0.15) is 5.82 Å². The molecule has 0 bridgehead atoms. The third-order valence-corrected chi connectivity index (χ3v) is 7.26. The van der Waals surface area contributed by atoms with Crippen LogP contribution in [-0.4, -0.2) is 69.2 Å². The number of benzene rings is 2. The van der Waals surface area contributed by atoms with E-state index >= 15 is 0 Å². The molecular formula is C31H32F2N6O2. The highest BCUT2D eigenvalue weighted by molar-refractivity contribution is 5.95. The zero-order valence-electron chi connectivity index (χ0n) is 22.8. The number of hydrogen-bond acceptors (Lipinski definition) is 7. The number of nitrogens with one attached hydrogen (secondary N) is 2. The first-order valence-electron chi connectivity index (χ1n) is 13.7. The molecule has 1 atom stereocenters. The molecule has 10 heteroatoms. The van der Waals surface area contributed by atoms with E-state index in [2.05, 4.69) is 39.3 Å². The van der Waals surface area contributed by atoms with Crippen LogP contribution in [0.2, 0.25) is 0 Å². The maximum atomic E-state index is 13.6. The molecule has 3 heterocycles. The van der Waals surface area contributed by atoms with Gasteiger partial charge in [0, 0.05) is 37.4 Å². The Labute approximate surface area is 237 Å². The fourth-order valence-corrected chi connectivity index (χ4v) is 4.92. The molecule has 1 unspecified atom stereocenters. The molecule has 1 amide bonds. The Hall–Kier alpha value is -4.33. The van der Waals surface area contributed by atoms with E-state index in [-0.39, 0.29) is 18.7 Å². The molecule has 1 fully saturated rings. The summed E-state index contributed by atoms with van der Waals surface area (Å²) in [7, 11) is 0. The smallest absolute Gasteiger partial charge is 0.252 e. The summed E-state index contributed by atoms with van der Waals surface area (Å²) in [6, 6.07) is 9.50. The quantitative estimate of drug-likeness (QED) is 0.382. The Balaban J connectivity index is 1.16. The summed E-state index contributed by atoms with van der Waals surface area (Å²) in [6.45, 7) is 5.58. The molecule has 5 rings (SSSR count). The van der Waals surface area contributed by atoms with E-state index < -0.39 is 23.8 Å². The fraction of sp³-hybridized carbons (Fsp3) is 0.323. The number of halogens is 2. The van der Waals surface area contributed by atoms with Crippen molar-refractivity contribution in [3.8, 4) is 11.8 Å². The van der Waals surface area contributed by atoms with Crippen LogP contribution in [0.25, 0.3) is 11.0 Å². The molecule has 1 saturated heterocycles. The third kappa shape index (κ3) is 7.06. The first-order valence-corrected chi connectivity index (χ1v) is 13.7. The van der Waals surface area contributed by atoms with E-state index in [9.17, 15) is 18.7 Å². The lowest BCUT2D eigenvalue weighted by Crippen LogP contribution is -2.40. The highest BCUT2D eigenvalue weighted by atomic mass is 19.2. The molecule has 0 spiro atoms. The normalized spacial score (nSPS) is 17.6. The highest BCUT2D eigenvalue weighted by Gasteiger charge is 2.25. The molecule has 0 radical (unpaired) electrons. The number of allylic oxidation sites excluding steroid dienone is 2. The lowest BCUT2D eigenvalue weighted by Gasteiger charge is -2.31. The average Bonchev–Trinajstić information content (AvgIpc) is 2.98. The molecule has 41 heavy (non-hydrogen) atoms. The third-order valence-electron chi connectivity index (χ3n) is 7.26. The van der Waals surface area contributed by atoms with Crippen LogP contribution in [0, 0.1) is 23.5 Å². The number of aliphatic hydroxyl groups excluding tert-OH is 1. The number of aliphatic hydroxyl groups is 1. The molecule has 2 aliphatic heterocycles. The number of nitrogens with zero attached hydrogens (tertiary/aromatic N) is 4. The van der Waals surface area contributed by atoms with Gasteiger partial charge in [0.15, 0.2) is 17.9 Å². The minimum Gasteiger partial charge on any atom is -0.369 e. The summed E-state index contributed by atoms with van der Waals surface area (Å²) in [5.41, 5.74) is 2.83. The second kappa shape index (κ2) is 12.9. The van der Waals surface area contributed by atoms with Crippen LogP contribution in [0.1, 0.15) is 30.9 Å². The summed E-state index contributed by atoms with van der Waals surface area (Å²) in [5, 5.41) is 16.9. The maximum Gasteiger partial charge on any atom is 0.252 e. The maximum absolute atomic E-state index is 13.6. The van der Waals surface area contributed by atoms with E-state index in [1.807, 2.05) is 18.2 Å². The predicted octanol–water partition coefficient (Wildman–Crippen LogP) is 3.55. The van der Waals surface area contributed by atoms with Gasteiger partial charge in [-0.05, 0) is 67.4 Å². The Morgan fingerprint density at radius 3 is 2.73 bits per heavy atom. The fourth-order valence-electron chi connectivity index (χ4n) is 4.92. The Morgan fingerprint density at radius 1 is 1.12 bits per heavy atom. The van der Waals surface area contributed by atoms with Crippen molar-refractivity contribution in [2.75, 3.05) is 31.5 Å². The van der Waals surface area contributed by atoms with E-state index in [1.165, 1.54) is 17.0 Å². The molecule has 1 aromatic heterocycles. The lowest BCUT2D eigenvalue weighted by molar-refractivity contribution is -0.119. The molecule has 212 valence electrons. The molecule has 2 aromatic carbocycles. The number of rotatable bonds is 7. The van der Waals surface area contributed by atoms with Crippen LogP contribution in [0.3, 0.4) is 0 Å². The average molecular weight is 559 g/mol. The van der Waals surface area contributed by atoms with E-state index in [1.54, 1.807) is 18.5 Å². The Morgan fingerprint density at radius 2 is 1.95 bits per heavy atom. The second-order valence-electron chi connectivity index (χ2n) is 10.1. The predicted molar refractivity (Wildman–Crippen MR) is 153 cm³/mol. The van der Waals surface area contributed by atoms with E-state index in [0.717, 1.165) is 67.0 Å². The summed E-state index contributed by atoms with van der Waals surface area (Å²) < 4.78 is 26.8. The van der Waals surface area contributed by atoms with Gasteiger partial charge in [0.2, 0.25) is 0 Å². The molecule has 8 nitrogen and oxygen atoms in total. The van der Waals surface area contributed by atoms with Gasteiger partial charge < -0.3 is 25.5 Å². The van der Waals surface area contributed by atoms with Gasteiger partial charge in [-0.15, -0.1) is 0 Å². The van der Waals surface area contributed by atoms with Crippen molar-refractivity contribution in [3.05, 3.63) is 89.3 Å². The van der Waals surface area contributed by atoms with Gasteiger partial charge in [0.25, 0.3) is 5.91 Å². The molecule has 0 saturated carbocycles. The number of piperidine rings is 1. The lowest BCUT2D eigenvalue weighted by atomic mass is 10.1. The largest absolute Gasteiger partial charge is 0.369 e. The number of carbonyl (C=O) groups is 1. The number of hydrogen-bond donors (Lipinski definition) is 3. The molecular weight excluding hydrogens is 526 g/mol. The molecule has 2 aliphatic rings. The summed E-state index contributed by atoms with van der Waals surface area (Å²) in [6.07, 6.45) is 7.36. The van der Waals surface area contributed by atoms with Crippen LogP contribution < -0.4 is 10.6 Å². The van der Waals surface area contributed by atoms with Gasteiger partial charge in [-0.3, -0.25) is 9.78 Å². The molecule has 0 aliphatic carbocycles. The van der Waals surface area contributed by atoms with Gasteiger partial charge in [-0.1, -0.05) is 24.8 Å². The number of anilines is 1. The van der Waals surface area contributed by atoms with Gasteiger partial charge in [-0.25, -0.2) is 13.8 Å². The van der Waals surface area contributed by atoms with Crippen molar-refractivity contribution in [1.29, 1.82) is 0 Å². The van der Waals surface area contributed by atoms with Crippen molar-refractivity contribution in [1.82, 2.24) is 25.1 Å². The first-order chi connectivity index (χ1) is 19.9. The van der Waals surface area contributed by atoms with E-state index in [0.29, 0.717) is 11.6 Å². The second-order valence-corrected chi connectivity index (χ2v) is 10.1. The van der Waals surface area contributed by atoms with Crippen LogP contribution >= 0.6 is 0 Å². The number of amides is 1. The van der Waals surface area contributed by atoms with E-state index in [4.69, 9.17) is 4.98 Å². The van der Waals surface area contributed by atoms with Crippen molar-refractivity contribution >= 4 is 22.8 Å². The van der Waals surface area contributed by atoms with Crippen molar-refractivity contribution in [3.63, 3.8) is 0 Å². The minimum atomic E-state index is -1.25. The van der Waals surface area contributed by atoms with Crippen molar-refractivity contribution in [2.24, 2.45) is 0 Å². The standard InChI is InChI=1S/C31H32F2N6O2/c1-2-38-15-11-23(12-16-38)36-29-19-35-27-10-8-21(18-28(27)37-29)5-3-13-34-30(40)24-6-4-14-39(31(24)41)20-22-7-9-25(32)26(33)17-22/h4,6-10,14,17-19,23,31,41H,2,11-13,15-16,20H2,1H3,(H,34,40)(H,36,37). The van der Waals surface area contributed by atoms with Crippen LogP contribution in [0.4, 0.5) is 14.6 Å². The Bertz CT molecular complexity index is 1540. The van der Waals surface area contributed by atoms with Gasteiger partial charge in [-0.2, -0.15) is 0 Å². The minimum absolute atomic E-state index is 0.0670. The zero-order valence-corrected chi connectivity index (χ0v) is 22.8. The highest BCUT2D eigenvalue weighted by Crippen LogP contribution is 2.20. The molecule has 3 N–H and O–H groups in total. The topological polar surface area (TPSA) is 93.6 Å². The number of likely N-dealkylation sites (tertiary alicyclic amines) is 1. The van der Waals surface area contributed by atoms with Gasteiger partial charge >= 0.3 is 0 Å². The summed E-state index contributed by atoms with van der Waals surface area (Å²) in [5.74, 6) is 4.33. The van der Waals surface area contributed by atoms with Crippen molar-refractivity contribution < 1.29 is 18.7 Å². The van der Waals surface area contributed by atoms with Crippen molar-refractivity contribution in [2.45, 2.75) is 38.6 Å². The monoisotopic (exact) mass is 558 g/mol. The van der Waals surface area contributed by atoms with Crippen LogP contribution in [-0.2, 0) is 11.3 Å². The summed E-state index contributed by atoms with van der Waals surface area (Å²) in [4.78, 5) is 25.9. The number of carbonyl (C=O) groups excluding carboxylic acids is 1. The van der Waals surface area contributed by atoms with Crippen LogP contribution in [0.15, 0.2) is 66.5 Å².